The summed E-state index contributed by atoms with van der Waals surface area (Å²) in [6.45, 7) is 4.95. The molecule has 3 atom stereocenters. The molecule has 9 heteroatoms. The van der Waals surface area contributed by atoms with Crippen LogP contribution in [0.1, 0.15) is 373 Å². The van der Waals surface area contributed by atoms with Gasteiger partial charge in [-0.15, -0.1) is 0 Å². The number of unbranched alkanes of at least 4 members (excludes halogenated alkanes) is 50. The molecular weight excluding hydrogens is 1010 g/mol. The number of allylic oxidation sites excluding steroid dienone is 4. The van der Waals surface area contributed by atoms with Gasteiger partial charge in [0.2, 0.25) is 5.91 Å². The van der Waals surface area contributed by atoms with E-state index in [-0.39, 0.29) is 19.1 Å². The van der Waals surface area contributed by atoms with Gasteiger partial charge in [-0.05, 0) is 44.9 Å². The Morgan fingerprint density at radius 1 is 0.425 bits per heavy atom. The van der Waals surface area contributed by atoms with Crippen LogP contribution in [0.25, 0.3) is 0 Å². The number of nitrogens with zero attached hydrogens (tertiary/aromatic N) is 1. The van der Waals surface area contributed by atoms with Gasteiger partial charge in [0, 0.05) is 6.42 Å². The van der Waals surface area contributed by atoms with Gasteiger partial charge in [-0.2, -0.15) is 0 Å². The second-order valence-corrected chi connectivity index (χ2v) is 27.4. The highest BCUT2D eigenvalue weighted by atomic mass is 31.2. The molecule has 0 aliphatic heterocycles. The molecule has 0 bridgehead atoms. The van der Waals surface area contributed by atoms with Crippen molar-refractivity contribution in [2.75, 3.05) is 40.9 Å². The summed E-state index contributed by atoms with van der Waals surface area (Å²) in [5.41, 5.74) is 0. The number of likely N-dealkylation sites (N-methyl/N-ethyl adjacent to an activating group) is 1. The molecule has 0 spiro atoms. The Balaban J connectivity index is 3.99. The van der Waals surface area contributed by atoms with Gasteiger partial charge in [-0.3, -0.25) is 13.8 Å². The van der Waals surface area contributed by atoms with Crippen LogP contribution in [0.15, 0.2) is 24.3 Å². The van der Waals surface area contributed by atoms with Crippen LogP contribution in [0.2, 0.25) is 0 Å². The third-order valence-electron chi connectivity index (χ3n) is 16.7. The van der Waals surface area contributed by atoms with Crippen molar-refractivity contribution in [2.24, 2.45) is 0 Å². The lowest BCUT2D eigenvalue weighted by atomic mass is 10.0. The predicted molar refractivity (Wildman–Crippen MR) is 351 cm³/mol. The molecule has 0 aromatic carbocycles. The topological polar surface area (TPSA) is 105 Å². The highest BCUT2D eigenvalue weighted by molar-refractivity contribution is 7.47. The maximum absolute atomic E-state index is 13.1. The summed E-state index contributed by atoms with van der Waals surface area (Å²) in [4.78, 5) is 23.5. The number of nitrogens with one attached hydrogen (secondary N) is 1. The van der Waals surface area contributed by atoms with Crippen molar-refractivity contribution in [3.05, 3.63) is 24.3 Å². The zero-order chi connectivity index (χ0) is 58.4. The van der Waals surface area contributed by atoms with Crippen molar-refractivity contribution >= 4 is 13.7 Å². The van der Waals surface area contributed by atoms with E-state index < -0.39 is 20.0 Å². The average molecular weight is 1150 g/mol. The van der Waals surface area contributed by atoms with Crippen molar-refractivity contribution in [2.45, 2.75) is 386 Å². The normalized spacial score (nSPS) is 13.7. The number of carbonyl (C=O) groups excluding carboxylic acids is 1. The van der Waals surface area contributed by atoms with E-state index in [4.69, 9.17) is 9.05 Å². The van der Waals surface area contributed by atoms with Crippen molar-refractivity contribution < 1.29 is 32.9 Å². The summed E-state index contributed by atoms with van der Waals surface area (Å²) in [5, 5.41) is 14.2. The fraction of sp³-hybridized carbons (Fsp3) is 0.930. The van der Waals surface area contributed by atoms with E-state index >= 15 is 0 Å². The number of rotatable bonds is 67. The standard InChI is InChI=1S/C71H141N2O6P/c1-6-8-10-12-14-16-18-20-22-24-26-28-30-32-33-34-35-36-37-38-39-41-43-45-47-49-51-53-55-57-59-61-63-65-71(75)72-69(68-79-80(76,77)78-67-66-73(3,4)5)70(74)64-62-60-58-56-54-52-50-48-46-44-42-40-31-29-27-25-23-21-19-17-15-13-11-9-7-2/h26,28,32-33,69-70,74H,6-25,27,29-31,34-68H2,1-5H3,(H-,72,75,76,77)/p+1/b28-26-,33-32-. The Bertz CT molecular complexity index is 1350. The second kappa shape index (κ2) is 62.5. The SMILES string of the molecule is CCCCCCCCCCC/C=C\C/C=C\CCCCCCCCCCCCCCCCCCCC(=O)NC(COP(=O)(O)OCC[N+](C)(C)C)C(O)CCCCCCCCCCCCCCCCCCCCCCCCCCC. The third-order valence-corrected chi connectivity index (χ3v) is 17.7. The summed E-state index contributed by atoms with van der Waals surface area (Å²) in [5.74, 6) is -0.136. The summed E-state index contributed by atoms with van der Waals surface area (Å²) < 4.78 is 23.9. The first kappa shape index (κ1) is 79.0. The molecule has 3 N–H and O–H groups in total. The predicted octanol–water partition coefficient (Wildman–Crippen LogP) is 22.7. The van der Waals surface area contributed by atoms with Crippen LogP contribution in [0.3, 0.4) is 0 Å². The number of quaternary nitrogens is 1. The largest absolute Gasteiger partial charge is 0.472 e. The molecule has 1 amide bonds. The minimum Gasteiger partial charge on any atom is -0.391 e. The monoisotopic (exact) mass is 1150 g/mol. The van der Waals surface area contributed by atoms with E-state index in [1.807, 2.05) is 21.1 Å². The van der Waals surface area contributed by atoms with Crippen LogP contribution in [-0.2, 0) is 18.4 Å². The Morgan fingerprint density at radius 2 is 0.713 bits per heavy atom. The Morgan fingerprint density at radius 3 is 1.02 bits per heavy atom. The molecule has 0 fully saturated rings. The molecule has 0 aromatic heterocycles. The van der Waals surface area contributed by atoms with Gasteiger partial charge < -0.3 is 19.8 Å². The lowest BCUT2D eigenvalue weighted by Crippen LogP contribution is -2.46. The molecule has 80 heavy (non-hydrogen) atoms. The smallest absolute Gasteiger partial charge is 0.391 e. The fourth-order valence-corrected chi connectivity index (χ4v) is 11.9. The Kier molecular flexibility index (Phi) is 61.7. The quantitative estimate of drug-likeness (QED) is 0.0243. The van der Waals surface area contributed by atoms with Gasteiger partial charge in [0.05, 0.1) is 39.9 Å². The molecule has 0 rings (SSSR count). The van der Waals surface area contributed by atoms with Crippen molar-refractivity contribution in [1.29, 1.82) is 0 Å². The van der Waals surface area contributed by atoms with Crippen molar-refractivity contribution in [1.82, 2.24) is 5.32 Å². The zero-order valence-electron chi connectivity index (χ0n) is 54.6. The lowest BCUT2D eigenvalue weighted by Gasteiger charge is -2.26. The van der Waals surface area contributed by atoms with Gasteiger partial charge in [-0.25, -0.2) is 4.57 Å². The van der Waals surface area contributed by atoms with E-state index in [9.17, 15) is 19.4 Å². The van der Waals surface area contributed by atoms with E-state index in [0.717, 1.165) is 44.9 Å². The number of aliphatic hydroxyl groups is 1. The number of amides is 1. The van der Waals surface area contributed by atoms with Gasteiger partial charge in [0.1, 0.15) is 13.2 Å². The first-order valence-corrected chi connectivity index (χ1v) is 37.2. The molecule has 0 aliphatic rings. The van der Waals surface area contributed by atoms with E-state index in [1.54, 1.807) is 0 Å². The molecule has 0 saturated carbocycles. The van der Waals surface area contributed by atoms with Crippen molar-refractivity contribution in [3.8, 4) is 0 Å². The number of carbonyl (C=O) groups is 1. The maximum atomic E-state index is 13.1. The maximum Gasteiger partial charge on any atom is 0.472 e. The van der Waals surface area contributed by atoms with Crippen LogP contribution in [0.4, 0.5) is 0 Å². The minimum atomic E-state index is -4.33. The number of aliphatic hydroxyl groups excluding tert-OH is 1. The summed E-state index contributed by atoms with van der Waals surface area (Å²) >= 11 is 0. The molecule has 0 aliphatic carbocycles. The van der Waals surface area contributed by atoms with Crippen LogP contribution >= 0.6 is 7.82 Å². The minimum absolute atomic E-state index is 0.0773. The first-order valence-electron chi connectivity index (χ1n) is 35.7. The lowest BCUT2D eigenvalue weighted by molar-refractivity contribution is -0.870. The molecular formula is C71H142N2O6P+. The van der Waals surface area contributed by atoms with Crippen LogP contribution < -0.4 is 5.32 Å². The summed E-state index contributed by atoms with van der Waals surface area (Å²) in [6, 6.07) is -0.760. The van der Waals surface area contributed by atoms with Crippen LogP contribution in [-0.4, -0.2) is 73.4 Å². The molecule has 0 aromatic rings. The highest BCUT2D eigenvalue weighted by Crippen LogP contribution is 2.43. The number of hydrogen-bond acceptors (Lipinski definition) is 5. The van der Waals surface area contributed by atoms with Gasteiger partial charge >= 0.3 is 7.82 Å². The molecule has 3 unspecified atom stereocenters. The zero-order valence-corrected chi connectivity index (χ0v) is 55.5. The van der Waals surface area contributed by atoms with E-state index in [0.29, 0.717) is 23.9 Å². The third kappa shape index (κ3) is 64.5. The van der Waals surface area contributed by atoms with E-state index in [2.05, 4.69) is 43.5 Å². The second-order valence-electron chi connectivity index (χ2n) is 26.0. The Hall–Kier alpha value is -1.02. The molecule has 0 saturated heterocycles. The van der Waals surface area contributed by atoms with Gasteiger partial charge in [0.15, 0.2) is 0 Å². The van der Waals surface area contributed by atoms with Gasteiger partial charge in [0.25, 0.3) is 0 Å². The number of phosphoric acid groups is 1. The van der Waals surface area contributed by atoms with Crippen LogP contribution in [0, 0.1) is 0 Å². The highest BCUT2D eigenvalue weighted by Gasteiger charge is 2.28. The molecule has 0 radical (unpaired) electrons. The molecule has 476 valence electrons. The Labute approximate surface area is 500 Å². The summed E-state index contributed by atoms with van der Waals surface area (Å²) in [7, 11) is 1.64. The first-order chi connectivity index (χ1) is 39.0. The molecule has 8 nitrogen and oxygen atoms in total. The van der Waals surface area contributed by atoms with Gasteiger partial charge in [-0.1, -0.05) is 346 Å². The molecule has 0 heterocycles. The van der Waals surface area contributed by atoms with Crippen LogP contribution in [0.5, 0.6) is 0 Å². The van der Waals surface area contributed by atoms with E-state index in [1.165, 1.54) is 302 Å². The average Bonchev–Trinajstić information content (AvgIpc) is 3.42. The summed E-state index contributed by atoms with van der Waals surface area (Å²) in [6.07, 6.45) is 81.4. The van der Waals surface area contributed by atoms with Crippen molar-refractivity contribution in [3.63, 3.8) is 0 Å². The number of hydrogen-bond donors (Lipinski definition) is 3. The fourth-order valence-electron chi connectivity index (χ4n) is 11.1. The number of phosphoric ester groups is 1.